The van der Waals surface area contributed by atoms with Gasteiger partial charge < -0.3 is 5.73 Å². The summed E-state index contributed by atoms with van der Waals surface area (Å²) in [7, 11) is 0. The lowest BCUT2D eigenvalue weighted by molar-refractivity contribution is 0.715. The molecular formula is C18H23NS. The van der Waals surface area contributed by atoms with E-state index in [9.17, 15) is 0 Å². The molecule has 2 heteroatoms. The molecule has 0 bridgehead atoms. The fourth-order valence-corrected chi connectivity index (χ4v) is 3.26. The van der Waals surface area contributed by atoms with Gasteiger partial charge in [-0.1, -0.05) is 42.8 Å². The second-order valence-corrected chi connectivity index (χ2v) is 6.96. The van der Waals surface area contributed by atoms with Crippen molar-refractivity contribution in [3.05, 3.63) is 64.7 Å². The van der Waals surface area contributed by atoms with E-state index in [0.29, 0.717) is 5.25 Å². The van der Waals surface area contributed by atoms with Gasteiger partial charge in [-0.05, 0) is 49.6 Å². The maximum atomic E-state index is 6.38. The summed E-state index contributed by atoms with van der Waals surface area (Å²) in [4.78, 5) is 1.29. The van der Waals surface area contributed by atoms with Crippen molar-refractivity contribution in [3.63, 3.8) is 0 Å². The molecule has 2 N–H and O–H groups in total. The van der Waals surface area contributed by atoms with Gasteiger partial charge in [0, 0.05) is 16.2 Å². The van der Waals surface area contributed by atoms with E-state index in [-0.39, 0.29) is 6.04 Å². The van der Waals surface area contributed by atoms with Crippen LogP contribution in [0.4, 0.5) is 0 Å². The number of benzene rings is 2. The summed E-state index contributed by atoms with van der Waals surface area (Å²) in [6.45, 7) is 8.60. The number of nitrogens with two attached hydrogens (primary N) is 1. The SMILES string of the molecule is Cc1ccc(C(N)C(C)Sc2ccc(C)c(C)c2)cc1. The molecule has 2 aromatic carbocycles. The quantitative estimate of drug-likeness (QED) is 0.817. The third-order valence-corrected chi connectivity index (χ3v) is 4.96. The largest absolute Gasteiger partial charge is 0.323 e. The van der Waals surface area contributed by atoms with E-state index in [1.807, 2.05) is 11.8 Å². The highest BCUT2D eigenvalue weighted by molar-refractivity contribution is 8.00. The van der Waals surface area contributed by atoms with Crippen molar-refractivity contribution in [1.82, 2.24) is 0 Å². The van der Waals surface area contributed by atoms with E-state index < -0.39 is 0 Å². The van der Waals surface area contributed by atoms with Crippen molar-refractivity contribution in [2.45, 2.75) is 43.9 Å². The zero-order valence-electron chi connectivity index (χ0n) is 12.7. The van der Waals surface area contributed by atoms with Crippen LogP contribution in [0.1, 0.15) is 35.2 Å². The molecule has 0 saturated heterocycles. The molecule has 2 atom stereocenters. The molecule has 0 saturated carbocycles. The molecule has 2 aromatic rings. The van der Waals surface area contributed by atoms with E-state index in [4.69, 9.17) is 5.73 Å². The minimum Gasteiger partial charge on any atom is -0.323 e. The molecule has 2 unspecified atom stereocenters. The van der Waals surface area contributed by atoms with Crippen LogP contribution < -0.4 is 5.73 Å². The van der Waals surface area contributed by atoms with Crippen LogP contribution in [-0.4, -0.2) is 5.25 Å². The minimum atomic E-state index is 0.0576. The van der Waals surface area contributed by atoms with E-state index in [1.165, 1.54) is 27.1 Å². The summed E-state index contributed by atoms with van der Waals surface area (Å²) in [5.41, 5.74) is 11.5. The van der Waals surface area contributed by atoms with Crippen molar-refractivity contribution in [2.75, 3.05) is 0 Å². The monoisotopic (exact) mass is 285 g/mol. The molecule has 0 radical (unpaired) electrons. The summed E-state index contributed by atoms with van der Waals surface area (Å²) in [5, 5.41) is 0.347. The highest BCUT2D eigenvalue weighted by Gasteiger charge is 2.16. The summed E-state index contributed by atoms with van der Waals surface area (Å²) in [6, 6.07) is 15.2. The summed E-state index contributed by atoms with van der Waals surface area (Å²) in [6.07, 6.45) is 0. The molecule has 0 aliphatic rings. The maximum absolute atomic E-state index is 6.38. The van der Waals surface area contributed by atoms with Gasteiger partial charge in [-0.25, -0.2) is 0 Å². The van der Waals surface area contributed by atoms with Crippen molar-refractivity contribution in [3.8, 4) is 0 Å². The Kier molecular flexibility index (Phi) is 4.90. The topological polar surface area (TPSA) is 26.0 Å². The van der Waals surface area contributed by atoms with Gasteiger partial charge >= 0.3 is 0 Å². The molecule has 106 valence electrons. The highest BCUT2D eigenvalue weighted by Crippen LogP contribution is 2.31. The van der Waals surface area contributed by atoms with Crippen molar-refractivity contribution >= 4 is 11.8 Å². The summed E-state index contributed by atoms with van der Waals surface area (Å²) >= 11 is 1.85. The second kappa shape index (κ2) is 6.47. The van der Waals surface area contributed by atoms with E-state index in [2.05, 4.69) is 70.2 Å². The van der Waals surface area contributed by atoms with Gasteiger partial charge in [-0.3, -0.25) is 0 Å². The Balaban J connectivity index is 2.08. The average molecular weight is 285 g/mol. The van der Waals surface area contributed by atoms with Gasteiger partial charge in [0.15, 0.2) is 0 Å². The molecule has 0 aromatic heterocycles. The average Bonchev–Trinajstić information content (AvgIpc) is 2.43. The van der Waals surface area contributed by atoms with Crippen LogP contribution in [0, 0.1) is 20.8 Å². The fraction of sp³-hybridized carbons (Fsp3) is 0.333. The minimum absolute atomic E-state index is 0.0576. The molecule has 1 nitrogen and oxygen atoms in total. The predicted molar refractivity (Wildman–Crippen MR) is 89.3 cm³/mol. The second-order valence-electron chi connectivity index (χ2n) is 5.51. The molecule has 0 aliphatic heterocycles. The number of hydrogen-bond acceptors (Lipinski definition) is 2. The van der Waals surface area contributed by atoms with Crippen LogP contribution in [0.25, 0.3) is 0 Å². The van der Waals surface area contributed by atoms with Crippen LogP contribution in [0.5, 0.6) is 0 Å². The Hall–Kier alpha value is -1.25. The van der Waals surface area contributed by atoms with Crippen LogP contribution in [-0.2, 0) is 0 Å². The Morgan fingerprint density at radius 2 is 1.55 bits per heavy atom. The first-order valence-corrected chi connectivity index (χ1v) is 7.91. The molecule has 0 heterocycles. The normalized spacial score (nSPS) is 14.1. The number of rotatable bonds is 4. The van der Waals surface area contributed by atoms with Crippen molar-refractivity contribution < 1.29 is 0 Å². The lowest BCUT2D eigenvalue weighted by atomic mass is 10.0. The van der Waals surface area contributed by atoms with E-state index >= 15 is 0 Å². The van der Waals surface area contributed by atoms with Gasteiger partial charge in [-0.2, -0.15) is 0 Å². The molecular weight excluding hydrogens is 262 g/mol. The lowest BCUT2D eigenvalue weighted by Crippen LogP contribution is -2.21. The van der Waals surface area contributed by atoms with Crippen molar-refractivity contribution in [1.29, 1.82) is 0 Å². The molecule has 2 rings (SSSR count). The number of hydrogen-bond donors (Lipinski definition) is 1. The van der Waals surface area contributed by atoms with Crippen LogP contribution in [0.3, 0.4) is 0 Å². The lowest BCUT2D eigenvalue weighted by Gasteiger charge is -2.20. The Morgan fingerprint density at radius 1 is 0.900 bits per heavy atom. The summed E-state index contributed by atoms with van der Waals surface area (Å²) in [5.74, 6) is 0. The standard InChI is InChI=1S/C18H23NS/c1-12-5-8-16(9-6-12)18(19)15(4)20-17-10-7-13(2)14(3)11-17/h5-11,15,18H,19H2,1-4H3. The Morgan fingerprint density at radius 3 is 2.15 bits per heavy atom. The van der Waals surface area contributed by atoms with E-state index in [0.717, 1.165) is 0 Å². The predicted octanol–water partition coefficient (Wildman–Crippen LogP) is 4.79. The molecule has 0 aliphatic carbocycles. The third kappa shape index (κ3) is 3.65. The zero-order valence-corrected chi connectivity index (χ0v) is 13.5. The van der Waals surface area contributed by atoms with Crippen molar-refractivity contribution in [2.24, 2.45) is 5.73 Å². The Labute approximate surface area is 126 Å². The zero-order chi connectivity index (χ0) is 14.7. The molecule has 20 heavy (non-hydrogen) atoms. The van der Waals surface area contributed by atoms with Crippen LogP contribution >= 0.6 is 11.8 Å². The van der Waals surface area contributed by atoms with Gasteiger partial charge in [0.1, 0.15) is 0 Å². The third-order valence-electron chi connectivity index (χ3n) is 3.77. The molecule has 0 amide bonds. The molecule has 0 spiro atoms. The van der Waals surface area contributed by atoms with Gasteiger partial charge in [-0.15, -0.1) is 11.8 Å². The number of aryl methyl sites for hydroxylation is 3. The smallest absolute Gasteiger partial charge is 0.0416 e. The maximum Gasteiger partial charge on any atom is 0.0416 e. The van der Waals surface area contributed by atoms with Gasteiger partial charge in [0.05, 0.1) is 0 Å². The van der Waals surface area contributed by atoms with Gasteiger partial charge in [0.25, 0.3) is 0 Å². The fourth-order valence-electron chi connectivity index (χ4n) is 2.13. The summed E-state index contributed by atoms with van der Waals surface area (Å²) < 4.78 is 0. The van der Waals surface area contributed by atoms with Gasteiger partial charge in [0.2, 0.25) is 0 Å². The van der Waals surface area contributed by atoms with Crippen LogP contribution in [0.15, 0.2) is 47.4 Å². The van der Waals surface area contributed by atoms with E-state index in [1.54, 1.807) is 0 Å². The first-order valence-electron chi connectivity index (χ1n) is 7.03. The Bertz CT molecular complexity index is 574. The highest BCUT2D eigenvalue weighted by atomic mass is 32.2. The first-order chi connectivity index (χ1) is 9.47. The number of thioether (sulfide) groups is 1. The van der Waals surface area contributed by atoms with Crippen LogP contribution in [0.2, 0.25) is 0 Å². The first kappa shape index (κ1) is 15.1. The molecule has 0 fully saturated rings.